The molecule has 0 spiro atoms. The summed E-state index contributed by atoms with van der Waals surface area (Å²) in [4.78, 5) is 9.00. The SMILES string of the molecule is CC(=O)O.CNc1ccc(-c2cc(OC(F)(F)F)ccc2O)cc1. The van der Waals surface area contributed by atoms with Crippen LogP contribution in [0.4, 0.5) is 18.9 Å². The van der Waals surface area contributed by atoms with Gasteiger partial charge in [-0.2, -0.15) is 0 Å². The van der Waals surface area contributed by atoms with E-state index in [1.165, 1.54) is 6.07 Å². The van der Waals surface area contributed by atoms with Crippen LogP contribution in [-0.2, 0) is 4.79 Å². The summed E-state index contributed by atoms with van der Waals surface area (Å²) >= 11 is 0. The van der Waals surface area contributed by atoms with Crippen molar-refractivity contribution in [1.29, 1.82) is 0 Å². The average molecular weight is 343 g/mol. The number of alkyl halides is 3. The summed E-state index contributed by atoms with van der Waals surface area (Å²) < 4.78 is 40.4. The molecule has 0 saturated heterocycles. The van der Waals surface area contributed by atoms with Crippen molar-refractivity contribution in [2.24, 2.45) is 0 Å². The molecule has 2 rings (SSSR count). The number of nitrogens with one attached hydrogen (secondary N) is 1. The monoisotopic (exact) mass is 343 g/mol. The van der Waals surface area contributed by atoms with Gasteiger partial charge in [-0.15, -0.1) is 13.2 Å². The Labute approximate surface area is 136 Å². The molecule has 0 bridgehead atoms. The molecule has 0 saturated carbocycles. The van der Waals surface area contributed by atoms with E-state index >= 15 is 0 Å². The Hall–Kier alpha value is -2.90. The maximum Gasteiger partial charge on any atom is 0.573 e. The van der Waals surface area contributed by atoms with Gasteiger partial charge in [-0.1, -0.05) is 12.1 Å². The number of carboxylic acid groups (broad SMARTS) is 1. The third-order valence-corrected chi connectivity index (χ3v) is 2.69. The lowest BCUT2D eigenvalue weighted by Gasteiger charge is -2.11. The van der Waals surface area contributed by atoms with Crippen molar-refractivity contribution in [3.63, 3.8) is 0 Å². The van der Waals surface area contributed by atoms with Crippen LogP contribution in [0.3, 0.4) is 0 Å². The highest BCUT2D eigenvalue weighted by molar-refractivity contribution is 5.73. The number of aromatic hydroxyl groups is 1. The normalized spacial score (nSPS) is 10.4. The molecule has 8 heteroatoms. The lowest BCUT2D eigenvalue weighted by Crippen LogP contribution is -2.17. The van der Waals surface area contributed by atoms with Crippen LogP contribution in [0.25, 0.3) is 11.1 Å². The molecule has 3 N–H and O–H groups in total. The lowest BCUT2D eigenvalue weighted by atomic mass is 10.0. The minimum atomic E-state index is -4.76. The number of phenols is 1. The standard InChI is InChI=1S/C14H12F3NO2.C2H4O2/c1-18-10-4-2-9(3-5-10)12-8-11(6-7-13(12)19)20-14(15,16)17;1-2(3)4/h2-8,18-19H,1H3;1H3,(H,3,4). The van der Waals surface area contributed by atoms with E-state index in [2.05, 4.69) is 10.1 Å². The third kappa shape index (κ3) is 6.47. The first-order chi connectivity index (χ1) is 11.1. The maximum absolute atomic E-state index is 12.2. The summed E-state index contributed by atoms with van der Waals surface area (Å²) in [6.45, 7) is 1.08. The molecule has 2 aromatic rings. The predicted octanol–water partition coefficient (Wildman–Crippen LogP) is 4.09. The zero-order valence-electron chi connectivity index (χ0n) is 12.9. The number of anilines is 1. The molecule has 2 aromatic carbocycles. The molecule has 130 valence electrons. The number of phenolic OH excluding ortho intramolecular Hbond substituents is 1. The second-order valence-electron chi connectivity index (χ2n) is 4.57. The minimum absolute atomic E-state index is 0.114. The van der Waals surface area contributed by atoms with E-state index in [4.69, 9.17) is 9.90 Å². The van der Waals surface area contributed by atoms with E-state index in [-0.39, 0.29) is 17.1 Å². The Morgan fingerprint density at radius 1 is 1.12 bits per heavy atom. The van der Waals surface area contributed by atoms with E-state index in [0.29, 0.717) is 5.56 Å². The van der Waals surface area contributed by atoms with Crippen LogP contribution in [0.2, 0.25) is 0 Å². The van der Waals surface area contributed by atoms with Gasteiger partial charge < -0.3 is 20.3 Å². The third-order valence-electron chi connectivity index (χ3n) is 2.69. The number of hydrogen-bond donors (Lipinski definition) is 3. The van der Waals surface area contributed by atoms with Crippen molar-refractivity contribution < 1.29 is 32.9 Å². The summed E-state index contributed by atoms with van der Waals surface area (Å²) in [7, 11) is 1.75. The van der Waals surface area contributed by atoms with E-state index < -0.39 is 12.3 Å². The van der Waals surface area contributed by atoms with Gasteiger partial charge >= 0.3 is 6.36 Å². The fraction of sp³-hybridized carbons (Fsp3) is 0.188. The summed E-state index contributed by atoms with van der Waals surface area (Å²) in [5.74, 6) is -1.32. The van der Waals surface area contributed by atoms with Crippen molar-refractivity contribution in [3.8, 4) is 22.6 Å². The number of hydrogen-bond acceptors (Lipinski definition) is 4. The molecule has 0 aliphatic carbocycles. The zero-order chi connectivity index (χ0) is 18.3. The Balaban J connectivity index is 0.000000648. The van der Waals surface area contributed by atoms with Gasteiger partial charge in [0.05, 0.1) is 0 Å². The molecular weight excluding hydrogens is 327 g/mol. The Morgan fingerprint density at radius 2 is 1.67 bits per heavy atom. The second-order valence-corrected chi connectivity index (χ2v) is 4.57. The van der Waals surface area contributed by atoms with Gasteiger partial charge in [-0.3, -0.25) is 4.79 Å². The van der Waals surface area contributed by atoms with Gasteiger partial charge in [0.2, 0.25) is 0 Å². The molecule has 0 heterocycles. The van der Waals surface area contributed by atoms with E-state index in [1.807, 2.05) is 0 Å². The van der Waals surface area contributed by atoms with Gasteiger partial charge in [0.15, 0.2) is 0 Å². The van der Waals surface area contributed by atoms with Crippen molar-refractivity contribution >= 4 is 11.7 Å². The molecule has 0 radical (unpaired) electrons. The Bertz CT molecular complexity index is 681. The predicted molar refractivity (Wildman–Crippen MR) is 83.1 cm³/mol. The van der Waals surface area contributed by atoms with Crippen LogP contribution in [0.15, 0.2) is 42.5 Å². The maximum atomic E-state index is 12.2. The molecule has 0 unspecified atom stereocenters. The molecule has 0 fully saturated rings. The van der Waals surface area contributed by atoms with Crippen molar-refractivity contribution in [1.82, 2.24) is 0 Å². The number of halogens is 3. The molecule has 0 amide bonds. The topological polar surface area (TPSA) is 78.8 Å². The largest absolute Gasteiger partial charge is 0.573 e. The second kappa shape index (κ2) is 8.09. The first kappa shape index (κ1) is 19.1. The first-order valence-electron chi connectivity index (χ1n) is 6.69. The zero-order valence-corrected chi connectivity index (χ0v) is 12.9. The van der Waals surface area contributed by atoms with Crippen LogP contribution >= 0.6 is 0 Å². The Kier molecular flexibility index (Phi) is 6.46. The smallest absolute Gasteiger partial charge is 0.507 e. The first-order valence-corrected chi connectivity index (χ1v) is 6.69. The number of rotatable bonds is 3. The Morgan fingerprint density at radius 3 is 2.12 bits per heavy atom. The van der Waals surface area contributed by atoms with E-state index in [9.17, 15) is 18.3 Å². The highest BCUT2D eigenvalue weighted by atomic mass is 19.4. The minimum Gasteiger partial charge on any atom is -0.507 e. The summed E-state index contributed by atoms with van der Waals surface area (Å²) in [5.41, 5.74) is 1.72. The lowest BCUT2D eigenvalue weighted by molar-refractivity contribution is -0.274. The summed E-state index contributed by atoms with van der Waals surface area (Å²) in [6.07, 6.45) is -4.76. The molecule has 0 aromatic heterocycles. The fourth-order valence-electron chi connectivity index (χ4n) is 1.76. The average Bonchev–Trinajstić information content (AvgIpc) is 2.47. The highest BCUT2D eigenvalue weighted by Gasteiger charge is 2.31. The highest BCUT2D eigenvalue weighted by Crippen LogP contribution is 2.34. The van der Waals surface area contributed by atoms with Gasteiger partial charge in [0.1, 0.15) is 11.5 Å². The molecule has 24 heavy (non-hydrogen) atoms. The fourth-order valence-corrected chi connectivity index (χ4v) is 1.76. The number of benzene rings is 2. The van der Waals surface area contributed by atoms with Crippen molar-refractivity contribution in [2.45, 2.75) is 13.3 Å². The molecule has 0 atom stereocenters. The quantitative estimate of drug-likeness (QED) is 0.782. The van der Waals surface area contributed by atoms with Crippen LogP contribution in [0.1, 0.15) is 6.92 Å². The molecular formula is C16H16F3NO4. The van der Waals surface area contributed by atoms with Crippen LogP contribution in [0, 0.1) is 0 Å². The van der Waals surface area contributed by atoms with E-state index in [1.54, 1.807) is 31.3 Å². The summed E-state index contributed by atoms with van der Waals surface area (Å²) in [6, 6.07) is 10.3. The van der Waals surface area contributed by atoms with Gasteiger partial charge in [-0.05, 0) is 35.9 Å². The molecule has 5 nitrogen and oxygen atoms in total. The molecule has 0 aliphatic rings. The summed E-state index contributed by atoms with van der Waals surface area (Å²) in [5, 5.41) is 20.1. The van der Waals surface area contributed by atoms with Crippen molar-refractivity contribution in [2.75, 3.05) is 12.4 Å². The van der Waals surface area contributed by atoms with Crippen LogP contribution in [-0.4, -0.2) is 29.6 Å². The number of aliphatic carboxylic acids is 1. The van der Waals surface area contributed by atoms with Crippen molar-refractivity contribution in [3.05, 3.63) is 42.5 Å². The number of carboxylic acids is 1. The van der Waals surface area contributed by atoms with Gasteiger partial charge in [0.25, 0.3) is 5.97 Å². The number of ether oxygens (including phenoxy) is 1. The number of carbonyl (C=O) groups is 1. The van der Waals surface area contributed by atoms with Gasteiger partial charge in [-0.25, -0.2) is 0 Å². The van der Waals surface area contributed by atoms with Crippen LogP contribution in [0.5, 0.6) is 11.5 Å². The van der Waals surface area contributed by atoms with Gasteiger partial charge in [0, 0.05) is 25.2 Å². The van der Waals surface area contributed by atoms with Crippen LogP contribution < -0.4 is 10.1 Å². The van der Waals surface area contributed by atoms with E-state index in [0.717, 1.165) is 24.7 Å². The molecule has 0 aliphatic heterocycles.